The smallest absolute Gasteiger partial charge is 0.187 e. The van der Waals surface area contributed by atoms with Gasteiger partial charge in [-0.15, -0.1) is 0 Å². The Labute approximate surface area is 301 Å². The summed E-state index contributed by atoms with van der Waals surface area (Å²) >= 11 is 0. The van der Waals surface area contributed by atoms with Crippen molar-refractivity contribution in [2.45, 2.75) is 139 Å². The van der Waals surface area contributed by atoms with E-state index >= 15 is 0 Å². The van der Waals surface area contributed by atoms with Gasteiger partial charge in [0.2, 0.25) is 0 Å². The predicted octanol–water partition coefficient (Wildman–Crippen LogP) is 0.302. The van der Waals surface area contributed by atoms with Gasteiger partial charge in [0.15, 0.2) is 12.2 Å². The van der Waals surface area contributed by atoms with E-state index in [9.17, 15) is 30.0 Å². The monoisotopic (exact) mass is 721 g/mol. The molecule has 2 aliphatic heterocycles. The number of nitrogens with two attached hydrogens (primary N) is 3. The number of carbonyl (C=O) groups excluding carboxylic acids is 2. The number of ether oxygens (including phenoxy) is 3. The number of aliphatic hydroxyl groups excluding tert-OH is 4. The van der Waals surface area contributed by atoms with Crippen LogP contribution in [0.3, 0.4) is 0 Å². The van der Waals surface area contributed by atoms with Gasteiger partial charge in [-0.2, -0.15) is 0 Å². The fourth-order valence-corrected chi connectivity index (χ4v) is 10.6. The van der Waals surface area contributed by atoms with E-state index < -0.39 is 73.2 Å². The van der Waals surface area contributed by atoms with Gasteiger partial charge in [-0.05, 0) is 62.8 Å². The fraction of sp³-hybridized carbons (Fsp3) is 0.919. The molecule has 0 aromatic carbocycles. The minimum absolute atomic E-state index is 0.0565. The first-order valence-electron chi connectivity index (χ1n) is 19.8. The molecule has 0 aromatic rings. The summed E-state index contributed by atoms with van der Waals surface area (Å²) in [6.07, 6.45) is 3.70. The molecule has 15 atom stereocenters. The highest BCUT2D eigenvalue weighted by atomic mass is 16.7. The van der Waals surface area contributed by atoms with E-state index in [0.717, 1.165) is 51.5 Å². The van der Waals surface area contributed by atoms with Crippen LogP contribution in [0.5, 0.6) is 0 Å². The van der Waals surface area contributed by atoms with E-state index in [1.54, 1.807) is 0 Å². The van der Waals surface area contributed by atoms with Crippen molar-refractivity contribution in [3.63, 3.8) is 0 Å². The minimum atomic E-state index is -1.47. The molecule has 4 aliphatic carbocycles. The van der Waals surface area contributed by atoms with Crippen LogP contribution in [-0.4, -0.2) is 113 Å². The lowest BCUT2D eigenvalue weighted by Crippen LogP contribution is -2.66. The second-order valence-corrected chi connectivity index (χ2v) is 16.4. The molecule has 11 N–H and O–H groups in total. The Morgan fingerprint density at radius 3 is 2.16 bits per heavy atom. The lowest BCUT2D eigenvalue weighted by molar-refractivity contribution is -0.335. The maximum absolute atomic E-state index is 14.5. The summed E-state index contributed by atoms with van der Waals surface area (Å²) in [5, 5.41) is 47.7. The molecular weight excluding hydrogens is 658 g/mol. The largest absolute Gasteiger partial charge is 0.394 e. The molecule has 6 rings (SSSR count). The molecule has 51 heavy (non-hydrogen) atoms. The van der Waals surface area contributed by atoms with Gasteiger partial charge in [0, 0.05) is 36.8 Å². The first-order chi connectivity index (χ1) is 24.6. The van der Waals surface area contributed by atoms with Crippen LogP contribution in [0.1, 0.15) is 89.9 Å². The Kier molecular flexibility index (Phi) is 13.4. The lowest BCUT2D eigenvalue weighted by atomic mass is 9.51. The number of Topliss-reactive ketones (excluding diaryl/α,β-unsaturated/α-hetero) is 2. The molecule has 2 saturated heterocycles. The Balaban J connectivity index is 1.31. The summed E-state index contributed by atoms with van der Waals surface area (Å²) in [4.78, 5) is 33.2. The molecule has 0 bridgehead atoms. The Bertz CT molecular complexity index is 1200. The number of nitrogens with zero attached hydrogens (tertiary/aromatic N) is 1. The molecular formula is C37H63N5O9. The van der Waals surface area contributed by atoms with Crippen molar-refractivity contribution in [2.24, 2.45) is 69.5 Å². The van der Waals surface area contributed by atoms with Gasteiger partial charge in [0.25, 0.3) is 0 Å². The van der Waals surface area contributed by atoms with Crippen LogP contribution in [0.4, 0.5) is 0 Å². The summed E-state index contributed by atoms with van der Waals surface area (Å²) in [7, 11) is 0. The van der Waals surface area contributed by atoms with E-state index in [1.165, 1.54) is 19.3 Å². The molecule has 10 unspecified atom stereocenters. The minimum Gasteiger partial charge on any atom is -0.394 e. The van der Waals surface area contributed by atoms with Crippen molar-refractivity contribution >= 4 is 17.5 Å². The first kappa shape index (κ1) is 39.0. The van der Waals surface area contributed by atoms with Crippen LogP contribution < -0.4 is 22.5 Å². The molecule has 6 aliphatic rings. The molecule has 4 saturated carbocycles. The number of carbonyl (C=O) groups is 2. The van der Waals surface area contributed by atoms with Gasteiger partial charge >= 0.3 is 0 Å². The van der Waals surface area contributed by atoms with E-state index in [4.69, 9.17) is 31.4 Å². The third-order valence-corrected chi connectivity index (χ3v) is 13.3. The van der Waals surface area contributed by atoms with Crippen molar-refractivity contribution in [1.29, 1.82) is 0 Å². The van der Waals surface area contributed by atoms with Crippen LogP contribution in [0.2, 0.25) is 0 Å². The van der Waals surface area contributed by atoms with Crippen molar-refractivity contribution in [3.05, 3.63) is 0 Å². The van der Waals surface area contributed by atoms with Crippen LogP contribution in [0.15, 0.2) is 4.99 Å². The van der Waals surface area contributed by atoms with Gasteiger partial charge in [-0.3, -0.25) is 14.6 Å². The second-order valence-electron chi connectivity index (χ2n) is 16.4. The van der Waals surface area contributed by atoms with Gasteiger partial charge in [-0.25, -0.2) is 0 Å². The number of piperidine rings is 1. The second kappa shape index (κ2) is 17.6. The normalized spacial score (nSPS) is 43.7. The molecule has 2 heterocycles. The predicted molar refractivity (Wildman–Crippen MR) is 188 cm³/mol. The zero-order chi connectivity index (χ0) is 36.2. The number of ketones is 2. The van der Waals surface area contributed by atoms with Gasteiger partial charge in [0.1, 0.15) is 36.0 Å². The van der Waals surface area contributed by atoms with Gasteiger partial charge in [-0.1, -0.05) is 51.4 Å². The maximum atomic E-state index is 14.5. The topological polar surface area (TPSA) is 245 Å². The van der Waals surface area contributed by atoms with Crippen LogP contribution in [-0.2, 0) is 23.8 Å². The molecule has 0 aromatic heterocycles. The number of aliphatic hydroxyl groups is 4. The average molecular weight is 722 g/mol. The number of hydrogen-bond acceptors (Lipinski definition) is 12. The lowest BCUT2D eigenvalue weighted by Gasteiger charge is -2.54. The molecule has 290 valence electrons. The third-order valence-electron chi connectivity index (χ3n) is 13.3. The van der Waals surface area contributed by atoms with E-state index in [0.29, 0.717) is 37.5 Å². The number of rotatable bonds is 12. The number of guanidine groups is 1. The Hall–Kier alpha value is -1.75. The summed E-state index contributed by atoms with van der Waals surface area (Å²) < 4.78 is 19.0. The zero-order valence-electron chi connectivity index (χ0n) is 30.0. The zero-order valence-corrected chi connectivity index (χ0v) is 30.0. The number of aliphatic imine (C=N–C) groups is 1. The molecule has 0 radical (unpaired) electrons. The Morgan fingerprint density at radius 1 is 0.804 bits per heavy atom. The molecule has 6 fully saturated rings. The van der Waals surface area contributed by atoms with E-state index in [-0.39, 0.29) is 48.7 Å². The van der Waals surface area contributed by atoms with Crippen LogP contribution in [0, 0.1) is 47.3 Å². The number of hydrogen-bond donors (Lipinski definition) is 8. The highest BCUT2D eigenvalue weighted by Gasteiger charge is 2.62. The third kappa shape index (κ3) is 8.65. The standard InChI is InChI=1S/C37H63N5O9/c38-26-16-20(12-14-41-26)13-15-49-35-33(48)31(46)25(18-43)50-36(35)51-34-24(17-42-37(39)40)21(11-10-19-6-2-1-3-7-19)27-28(32(34)47)30(45)23-9-5-4-8-22(23)29(27)44/h19-28,31-36,41,43,46-48H,1-18,38H2,(H4,39,40,42)/t20?,21?,22?,23?,24?,25-,26?,27?,28?,31-,32?,33+,34?,35-,36-/m0/s1. The van der Waals surface area contributed by atoms with Crippen LogP contribution >= 0.6 is 0 Å². The van der Waals surface area contributed by atoms with Crippen molar-refractivity contribution in [3.8, 4) is 0 Å². The van der Waals surface area contributed by atoms with Crippen molar-refractivity contribution in [1.82, 2.24) is 5.32 Å². The van der Waals surface area contributed by atoms with Crippen LogP contribution in [0.25, 0.3) is 0 Å². The highest BCUT2D eigenvalue weighted by molar-refractivity contribution is 6.00. The summed E-state index contributed by atoms with van der Waals surface area (Å²) in [5.74, 6) is -2.63. The quantitative estimate of drug-likeness (QED) is 0.0769. The SMILES string of the molecule is NC(N)=NCC1C(CCC2CCCCC2)C2C(=O)C3CCCCC3C(=O)C2C(O)C1O[C@@H]1O[C@@H](CO)[C@H](O)[C@@H](O)[C@@H]1OCCC1CCNC(N)C1. The van der Waals surface area contributed by atoms with Gasteiger partial charge in [0.05, 0.1) is 30.9 Å². The Morgan fingerprint density at radius 2 is 1.49 bits per heavy atom. The number of nitrogens with one attached hydrogen (secondary N) is 1. The molecule has 0 amide bonds. The number of fused-ring (bicyclic) bond motifs is 2. The maximum Gasteiger partial charge on any atom is 0.187 e. The fourth-order valence-electron chi connectivity index (χ4n) is 10.6. The molecule has 14 heteroatoms. The van der Waals surface area contributed by atoms with E-state index in [1.807, 2.05) is 0 Å². The van der Waals surface area contributed by atoms with E-state index in [2.05, 4.69) is 10.3 Å². The van der Waals surface area contributed by atoms with Crippen molar-refractivity contribution < 1.29 is 44.2 Å². The summed E-state index contributed by atoms with van der Waals surface area (Å²) in [6.45, 7) is 0.496. The summed E-state index contributed by atoms with van der Waals surface area (Å²) in [6, 6.07) is 0. The highest BCUT2D eigenvalue weighted by Crippen LogP contribution is 2.53. The molecule has 14 nitrogen and oxygen atoms in total. The first-order valence-corrected chi connectivity index (χ1v) is 19.8. The summed E-state index contributed by atoms with van der Waals surface area (Å²) in [5.41, 5.74) is 17.8. The average Bonchev–Trinajstić information content (AvgIpc) is 3.13. The van der Waals surface area contributed by atoms with Gasteiger partial charge < -0.3 is 57.2 Å². The molecule has 0 spiro atoms. The van der Waals surface area contributed by atoms with Crippen molar-refractivity contribution in [2.75, 3.05) is 26.3 Å².